The van der Waals surface area contributed by atoms with Gasteiger partial charge in [0.1, 0.15) is 6.10 Å². The highest BCUT2D eigenvalue weighted by molar-refractivity contribution is 6.30. The van der Waals surface area contributed by atoms with Crippen LogP contribution in [0.3, 0.4) is 0 Å². The number of halogens is 1. The number of aliphatic carboxylic acids is 1. The Hall–Kier alpha value is -2.70. The van der Waals surface area contributed by atoms with Crippen molar-refractivity contribution in [3.8, 4) is 11.1 Å². The molecule has 0 spiro atoms. The number of carbonyl (C=O) groups is 3. The first-order valence-electron chi connectivity index (χ1n) is 9.69. The quantitative estimate of drug-likeness (QED) is 0.632. The second-order valence-electron chi connectivity index (χ2n) is 7.60. The highest BCUT2D eigenvalue weighted by Gasteiger charge is 2.62. The number of hydrogen-bond donors (Lipinski definition) is 2. The summed E-state index contributed by atoms with van der Waals surface area (Å²) in [5.41, 5.74) is 2.11. The van der Waals surface area contributed by atoms with Gasteiger partial charge in [-0.1, -0.05) is 48.0 Å². The molecule has 6 nitrogen and oxygen atoms in total. The Morgan fingerprint density at radius 3 is 2.43 bits per heavy atom. The molecule has 7 heteroatoms. The van der Waals surface area contributed by atoms with E-state index >= 15 is 0 Å². The Morgan fingerprint density at radius 1 is 1.17 bits per heavy atom. The van der Waals surface area contributed by atoms with E-state index in [2.05, 4.69) is 5.32 Å². The number of carboxylic acids is 1. The number of methoxy groups -OCH3 is 1. The molecule has 1 amide bonds. The van der Waals surface area contributed by atoms with Crippen LogP contribution in [0.15, 0.2) is 48.5 Å². The van der Waals surface area contributed by atoms with Crippen LogP contribution in [0.1, 0.15) is 37.7 Å². The molecule has 0 saturated heterocycles. The van der Waals surface area contributed by atoms with Crippen molar-refractivity contribution in [3.05, 3.63) is 59.1 Å². The van der Waals surface area contributed by atoms with Crippen molar-refractivity contribution in [2.45, 2.75) is 43.7 Å². The van der Waals surface area contributed by atoms with Crippen molar-refractivity contribution in [3.63, 3.8) is 0 Å². The smallest absolute Gasteiger partial charge is 0.303 e. The molecule has 2 aromatic carbocycles. The van der Waals surface area contributed by atoms with Gasteiger partial charge in [-0.05, 0) is 42.2 Å². The molecule has 158 valence electrons. The molecule has 0 aromatic heterocycles. The predicted octanol–water partition coefficient (Wildman–Crippen LogP) is 3.82. The molecule has 0 aliphatic heterocycles. The summed E-state index contributed by atoms with van der Waals surface area (Å²) in [7, 11) is 1.44. The molecule has 30 heavy (non-hydrogen) atoms. The Labute approximate surface area is 180 Å². The lowest BCUT2D eigenvalue weighted by Crippen LogP contribution is -2.51. The molecular formula is C23H24ClNO5. The van der Waals surface area contributed by atoms with Gasteiger partial charge >= 0.3 is 5.97 Å². The molecule has 0 heterocycles. The van der Waals surface area contributed by atoms with Gasteiger partial charge in [-0.2, -0.15) is 0 Å². The number of carboxylic acid groups (broad SMARTS) is 1. The second kappa shape index (κ2) is 8.98. The largest absolute Gasteiger partial charge is 0.481 e. The van der Waals surface area contributed by atoms with E-state index in [1.165, 1.54) is 14.0 Å². The first-order valence-corrected chi connectivity index (χ1v) is 10.1. The third kappa shape index (κ3) is 4.71. The summed E-state index contributed by atoms with van der Waals surface area (Å²) in [5.74, 6) is -1.74. The molecule has 1 fully saturated rings. The second-order valence-corrected chi connectivity index (χ2v) is 8.03. The third-order valence-electron chi connectivity index (χ3n) is 5.49. The van der Waals surface area contributed by atoms with Gasteiger partial charge in [-0.25, -0.2) is 0 Å². The van der Waals surface area contributed by atoms with Crippen LogP contribution in [-0.2, 0) is 19.1 Å². The van der Waals surface area contributed by atoms with E-state index in [0.29, 0.717) is 11.4 Å². The van der Waals surface area contributed by atoms with Crippen LogP contribution in [0.5, 0.6) is 0 Å². The van der Waals surface area contributed by atoms with Gasteiger partial charge < -0.3 is 15.2 Å². The van der Waals surface area contributed by atoms with Crippen molar-refractivity contribution < 1.29 is 24.2 Å². The average Bonchev–Trinajstić information content (AvgIpc) is 3.41. The number of Topliss-reactive ketones (excluding diaryl/α,β-unsaturated/α-hetero) is 1. The Kier molecular flexibility index (Phi) is 6.58. The first kappa shape index (κ1) is 22.0. The van der Waals surface area contributed by atoms with Crippen molar-refractivity contribution in [2.75, 3.05) is 7.11 Å². The Bertz CT molecular complexity index is 958. The lowest BCUT2D eigenvalue weighted by molar-refractivity contribution is -0.139. The van der Waals surface area contributed by atoms with Crippen LogP contribution >= 0.6 is 11.6 Å². The number of benzene rings is 2. The fourth-order valence-electron chi connectivity index (χ4n) is 4.04. The van der Waals surface area contributed by atoms with Gasteiger partial charge in [0.25, 0.3) is 0 Å². The average molecular weight is 430 g/mol. The molecule has 0 bridgehead atoms. The standard InChI is InChI=1S/C23H24ClNO5/c1-14(26)22(30-2)23(25-20(27)10-11-21(28)29)13-19(23)16-8-6-15(7-9-16)17-4-3-5-18(24)12-17/h3-9,12,19,22H,10-11,13H2,1-2H3,(H,25,27)(H,28,29)/t19-,22?,23?/m0/s1. The molecule has 2 aromatic rings. The molecule has 2 N–H and O–H groups in total. The third-order valence-corrected chi connectivity index (χ3v) is 5.72. The minimum atomic E-state index is -1.04. The van der Waals surface area contributed by atoms with Gasteiger partial charge in [-0.3, -0.25) is 14.4 Å². The monoisotopic (exact) mass is 429 g/mol. The molecule has 0 radical (unpaired) electrons. The lowest BCUT2D eigenvalue weighted by atomic mass is 9.96. The SMILES string of the molecule is COC(C(C)=O)C1(NC(=O)CCC(=O)O)C[C@H]1c1ccc(-c2cccc(Cl)c2)cc1. The zero-order valence-corrected chi connectivity index (χ0v) is 17.6. The van der Waals surface area contributed by atoms with Crippen molar-refractivity contribution in [2.24, 2.45) is 0 Å². The van der Waals surface area contributed by atoms with Gasteiger partial charge in [0.05, 0.1) is 12.0 Å². The summed E-state index contributed by atoms with van der Waals surface area (Å²) in [6.07, 6.45) is -0.672. The summed E-state index contributed by atoms with van der Waals surface area (Å²) in [6, 6.07) is 15.5. The summed E-state index contributed by atoms with van der Waals surface area (Å²) in [6.45, 7) is 1.43. The number of rotatable bonds is 9. The van der Waals surface area contributed by atoms with Crippen molar-refractivity contribution in [1.82, 2.24) is 5.32 Å². The Balaban J connectivity index is 1.82. The van der Waals surface area contributed by atoms with Gasteiger partial charge in [0.2, 0.25) is 5.91 Å². The maximum absolute atomic E-state index is 12.3. The highest BCUT2D eigenvalue weighted by Crippen LogP contribution is 2.54. The van der Waals surface area contributed by atoms with E-state index in [-0.39, 0.29) is 24.5 Å². The molecule has 3 rings (SSSR count). The van der Waals surface area contributed by atoms with Crippen LogP contribution < -0.4 is 5.32 Å². The maximum atomic E-state index is 12.3. The van der Waals surface area contributed by atoms with Crippen LogP contribution in [0.4, 0.5) is 0 Å². The normalized spacial score (nSPS) is 21.0. The summed E-state index contributed by atoms with van der Waals surface area (Å²) in [4.78, 5) is 35.3. The van der Waals surface area contributed by atoms with E-state index in [1.54, 1.807) is 0 Å². The number of nitrogens with one attached hydrogen (secondary N) is 1. The number of carbonyl (C=O) groups excluding carboxylic acids is 2. The fourth-order valence-corrected chi connectivity index (χ4v) is 4.24. The van der Waals surface area contributed by atoms with E-state index in [4.69, 9.17) is 21.4 Å². The Morgan fingerprint density at radius 2 is 1.87 bits per heavy atom. The van der Waals surface area contributed by atoms with Crippen LogP contribution in [0, 0.1) is 0 Å². The van der Waals surface area contributed by atoms with Gasteiger partial charge in [-0.15, -0.1) is 0 Å². The van der Waals surface area contributed by atoms with E-state index < -0.39 is 23.5 Å². The topological polar surface area (TPSA) is 92.7 Å². The molecular weight excluding hydrogens is 406 g/mol. The molecule has 1 saturated carbocycles. The summed E-state index contributed by atoms with van der Waals surface area (Å²) >= 11 is 6.08. The number of amides is 1. The van der Waals surface area contributed by atoms with E-state index in [1.807, 2.05) is 48.5 Å². The maximum Gasteiger partial charge on any atom is 0.303 e. The van der Waals surface area contributed by atoms with Crippen LogP contribution in [0.25, 0.3) is 11.1 Å². The highest BCUT2D eigenvalue weighted by atomic mass is 35.5. The zero-order valence-electron chi connectivity index (χ0n) is 16.9. The fraction of sp³-hybridized carbons (Fsp3) is 0.348. The minimum Gasteiger partial charge on any atom is -0.481 e. The molecule has 1 aliphatic rings. The van der Waals surface area contributed by atoms with Gasteiger partial charge in [0, 0.05) is 24.5 Å². The molecule has 3 atom stereocenters. The van der Waals surface area contributed by atoms with Crippen molar-refractivity contribution >= 4 is 29.3 Å². The van der Waals surface area contributed by atoms with Crippen LogP contribution in [0.2, 0.25) is 5.02 Å². The summed E-state index contributed by atoms with van der Waals surface area (Å²) < 4.78 is 5.43. The minimum absolute atomic E-state index is 0.103. The number of ketones is 1. The zero-order chi connectivity index (χ0) is 21.9. The number of ether oxygens (including phenoxy) is 1. The molecule has 2 unspecified atom stereocenters. The van der Waals surface area contributed by atoms with E-state index in [0.717, 1.165) is 16.7 Å². The van der Waals surface area contributed by atoms with Crippen LogP contribution in [-0.4, -0.2) is 41.5 Å². The lowest BCUT2D eigenvalue weighted by Gasteiger charge is -2.27. The van der Waals surface area contributed by atoms with E-state index in [9.17, 15) is 14.4 Å². The first-order chi connectivity index (χ1) is 14.3. The predicted molar refractivity (Wildman–Crippen MR) is 113 cm³/mol. The number of hydrogen-bond acceptors (Lipinski definition) is 4. The van der Waals surface area contributed by atoms with Crippen molar-refractivity contribution in [1.29, 1.82) is 0 Å². The molecule has 1 aliphatic carbocycles. The summed E-state index contributed by atoms with van der Waals surface area (Å²) in [5, 5.41) is 12.4. The van der Waals surface area contributed by atoms with Gasteiger partial charge in [0.15, 0.2) is 5.78 Å².